The number of fused-ring (bicyclic) bond motifs is 1. The van der Waals surface area contributed by atoms with Gasteiger partial charge in [0, 0.05) is 27.9 Å². The monoisotopic (exact) mass is 430 g/mol. The van der Waals surface area contributed by atoms with Crippen LogP contribution in [0.25, 0.3) is 11.4 Å². The van der Waals surface area contributed by atoms with Gasteiger partial charge in [-0.25, -0.2) is 0 Å². The van der Waals surface area contributed by atoms with Crippen molar-refractivity contribution in [3.8, 4) is 11.4 Å². The number of carbonyl (C=O) groups is 2. The third kappa shape index (κ3) is 4.41. The van der Waals surface area contributed by atoms with Crippen molar-refractivity contribution in [1.82, 2.24) is 15.1 Å². The third-order valence-corrected chi connectivity index (χ3v) is 5.64. The molecule has 0 fully saturated rings. The fourth-order valence-electron chi connectivity index (χ4n) is 2.72. The van der Waals surface area contributed by atoms with Gasteiger partial charge in [-0.1, -0.05) is 16.8 Å². The number of amides is 1. The molecule has 29 heavy (non-hydrogen) atoms. The second-order valence-electron chi connectivity index (χ2n) is 6.27. The summed E-state index contributed by atoms with van der Waals surface area (Å²) in [5.41, 5.74) is 1.33. The van der Waals surface area contributed by atoms with Gasteiger partial charge >= 0.3 is 5.97 Å². The highest BCUT2D eigenvalue weighted by Crippen LogP contribution is 2.38. The van der Waals surface area contributed by atoms with Gasteiger partial charge in [-0.05, 0) is 37.3 Å². The summed E-state index contributed by atoms with van der Waals surface area (Å²) in [7, 11) is 0. The number of aromatic nitrogens is 3. The number of nitrogens with one attached hydrogen (secondary N) is 1. The number of hydrogen-bond donors (Lipinski definition) is 1. The van der Waals surface area contributed by atoms with Crippen molar-refractivity contribution >= 4 is 40.9 Å². The van der Waals surface area contributed by atoms with Crippen molar-refractivity contribution in [3.63, 3.8) is 0 Å². The number of thioether (sulfide) groups is 1. The van der Waals surface area contributed by atoms with Crippen LogP contribution in [0.5, 0.6) is 0 Å². The number of rotatable bonds is 5. The Morgan fingerprint density at radius 3 is 3.07 bits per heavy atom. The van der Waals surface area contributed by atoms with Gasteiger partial charge in [-0.15, -0.1) is 11.8 Å². The van der Waals surface area contributed by atoms with Crippen LogP contribution in [0.3, 0.4) is 0 Å². The minimum Gasteiger partial charge on any atom is -0.452 e. The number of ether oxygens (including phenoxy) is 1. The first kappa shape index (κ1) is 19.4. The summed E-state index contributed by atoms with van der Waals surface area (Å²) >= 11 is 7.24. The van der Waals surface area contributed by atoms with Gasteiger partial charge < -0.3 is 14.6 Å². The van der Waals surface area contributed by atoms with E-state index in [4.69, 9.17) is 20.9 Å². The summed E-state index contributed by atoms with van der Waals surface area (Å²) in [5, 5.41) is 6.57. The van der Waals surface area contributed by atoms with E-state index in [1.165, 1.54) is 11.8 Å². The largest absolute Gasteiger partial charge is 0.452 e. The Hall–Kier alpha value is -2.91. The summed E-state index contributed by atoms with van der Waals surface area (Å²) in [6.45, 7) is 1.63. The standard InChI is InChI=1S/C19H15ClN4O4S/c1-10(19-23-17(24-28-19)11-3-2-6-21-9-11)27-16(25)8-15-18(26)22-13-7-12(20)4-5-14(13)29-15/h2-7,9-10,15H,8H2,1H3,(H,22,26). The number of benzene rings is 1. The van der Waals surface area contributed by atoms with Crippen molar-refractivity contribution < 1.29 is 18.8 Å². The number of pyridine rings is 1. The van der Waals surface area contributed by atoms with E-state index in [1.807, 2.05) is 0 Å². The Morgan fingerprint density at radius 1 is 1.41 bits per heavy atom. The van der Waals surface area contributed by atoms with Crippen molar-refractivity contribution in [1.29, 1.82) is 0 Å². The van der Waals surface area contributed by atoms with Crippen LogP contribution in [-0.4, -0.2) is 32.3 Å². The molecule has 0 radical (unpaired) electrons. The zero-order valence-electron chi connectivity index (χ0n) is 15.2. The first-order valence-corrected chi connectivity index (χ1v) is 9.96. The summed E-state index contributed by atoms with van der Waals surface area (Å²) in [6.07, 6.45) is 2.41. The van der Waals surface area contributed by atoms with E-state index >= 15 is 0 Å². The van der Waals surface area contributed by atoms with Gasteiger partial charge in [0.25, 0.3) is 5.89 Å². The molecule has 2 atom stereocenters. The topological polar surface area (TPSA) is 107 Å². The van der Waals surface area contributed by atoms with E-state index in [9.17, 15) is 9.59 Å². The Balaban J connectivity index is 1.38. The fraction of sp³-hybridized carbons (Fsp3) is 0.211. The maximum atomic E-state index is 12.3. The summed E-state index contributed by atoms with van der Waals surface area (Å²) < 4.78 is 10.6. The lowest BCUT2D eigenvalue weighted by atomic mass is 10.2. The highest BCUT2D eigenvalue weighted by molar-refractivity contribution is 8.01. The second-order valence-corrected chi connectivity index (χ2v) is 7.95. The molecule has 1 N–H and O–H groups in total. The number of halogens is 1. The molecule has 0 aliphatic carbocycles. The average Bonchev–Trinajstić information content (AvgIpc) is 3.20. The molecule has 1 aliphatic heterocycles. The fourth-order valence-corrected chi connectivity index (χ4v) is 3.96. The van der Waals surface area contributed by atoms with Crippen LogP contribution in [0.15, 0.2) is 52.1 Å². The zero-order valence-corrected chi connectivity index (χ0v) is 16.7. The van der Waals surface area contributed by atoms with Crippen LogP contribution in [0.2, 0.25) is 5.02 Å². The predicted octanol–water partition coefficient (Wildman–Crippen LogP) is 3.89. The van der Waals surface area contributed by atoms with E-state index in [2.05, 4.69) is 20.4 Å². The van der Waals surface area contributed by atoms with Crippen LogP contribution < -0.4 is 5.32 Å². The zero-order chi connectivity index (χ0) is 20.4. The van der Waals surface area contributed by atoms with Gasteiger partial charge in [-0.2, -0.15) is 4.98 Å². The maximum Gasteiger partial charge on any atom is 0.308 e. The maximum absolute atomic E-state index is 12.3. The Morgan fingerprint density at radius 2 is 2.28 bits per heavy atom. The van der Waals surface area contributed by atoms with E-state index < -0.39 is 17.3 Å². The highest BCUT2D eigenvalue weighted by atomic mass is 35.5. The van der Waals surface area contributed by atoms with Crippen molar-refractivity contribution in [2.45, 2.75) is 29.6 Å². The van der Waals surface area contributed by atoms with E-state index in [0.717, 1.165) is 4.90 Å². The molecule has 2 aromatic heterocycles. The Labute approximate surface area is 175 Å². The van der Waals surface area contributed by atoms with Gasteiger partial charge in [0.15, 0.2) is 6.10 Å². The lowest BCUT2D eigenvalue weighted by Gasteiger charge is -2.23. The molecule has 0 spiro atoms. The predicted molar refractivity (Wildman–Crippen MR) is 106 cm³/mol. The normalized spacial score (nSPS) is 16.6. The SMILES string of the molecule is CC(OC(=O)CC1Sc2ccc(Cl)cc2NC1=O)c1nc(-c2cccnc2)no1. The molecule has 3 heterocycles. The molecule has 2 unspecified atom stereocenters. The van der Waals surface area contributed by atoms with Gasteiger partial charge in [-0.3, -0.25) is 14.6 Å². The number of esters is 1. The van der Waals surface area contributed by atoms with Gasteiger partial charge in [0.05, 0.1) is 17.4 Å². The molecule has 0 saturated heterocycles. The van der Waals surface area contributed by atoms with Crippen molar-refractivity contribution in [2.24, 2.45) is 0 Å². The summed E-state index contributed by atoms with van der Waals surface area (Å²) in [6, 6.07) is 8.77. The lowest BCUT2D eigenvalue weighted by Crippen LogP contribution is -2.31. The molecular weight excluding hydrogens is 416 g/mol. The first-order chi connectivity index (χ1) is 14.0. The number of carbonyl (C=O) groups excluding carboxylic acids is 2. The summed E-state index contributed by atoms with van der Waals surface area (Å²) in [4.78, 5) is 33.7. The third-order valence-electron chi connectivity index (χ3n) is 4.13. The minimum absolute atomic E-state index is 0.0908. The smallest absolute Gasteiger partial charge is 0.308 e. The molecule has 0 saturated carbocycles. The van der Waals surface area contributed by atoms with E-state index in [-0.39, 0.29) is 18.2 Å². The molecule has 10 heteroatoms. The lowest BCUT2D eigenvalue weighted by molar-refractivity contribution is -0.150. The van der Waals surface area contributed by atoms with Crippen LogP contribution in [0, 0.1) is 0 Å². The number of hydrogen-bond acceptors (Lipinski definition) is 8. The first-order valence-electron chi connectivity index (χ1n) is 8.70. The average molecular weight is 431 g/mol. The molecule has 4 rings (SSSR count). The molecular formula is C19H15ClN4O4S. The summed E-state index contributed by atoms with van der Waals surface area (Å²) in [5.74, 6) is -0.291. The van der Waals surface area contributed by atoms with Crippen molar-refractivity contribution in [3.05, 3.63) is 53.6 Å². The van der Waals surface area contributed by atoms with Crippen LogP contribution in [-0.2, 0) is 14.3 Å². The van der Waals surface area contributed by atoms with Crippen LogP contribution in [0.4, 0.5) is 5.69 Å². The van der Waals surface area contributed by atoms with E-state index in [1.54, 1.807) is 49.6 Å². The number of anilines is 1. The molecule has 1 aliphatic rings. The molecule has 0 bridgehead atoms. The van der Waals surface area contributed by atoms with Crippen LogP contribution in [0.1, 0.15) is 25.3 Å². The Bertz CT molecular complexity index is 1060. The van der Waals surface area contributed by atoms with Gasteiger partial charge in [0.2, 0.25) is 11.7 Å². The quantitative estimate of drug-likeness (QED) is 0.607. The molecule has 148 valence electrons. The highest BCUT2D eigenvalue weighted by Gasteiger charge is 2.31. The molecule has 8 nitrogen and oxygen atoms in total. The minimum atomic E-state index is -0.747. The second kappa shape index (κ2) is 8.22. The van der Waals surface area contributed by atoms with E-state index in [0.29, 0.717) is 22.1 Å². The molecule has 3 aromatic rings. The molecule has 1 aromatic carbocycles. The van der Waals surface area contributed by atoms with Crippen molar-refractivity contribution in [2.75, 3.05) is 5.32 Å². The molecule has 1 amide bonds. The van der Waals surface area contributed by atoms with Crippen LogP contribution >= 0.6 is 23.4 Å². The number of nitrogens with zero attached hydrogens (tertiary/aromatic N) is 3. The van der Waals surface area contributed by atoms with Gasteiger partial charge in [0.1, 0.15) is 0 Å². The Kier molecular flexibility index (Phi) is 5.50.